The number of rotatable bonds is 9. The lowest BCUT2D eigenvalue weighted by atomic mass is 9.79. The third kappa shape index (κ3) is 5.10. The number of hydrogen-bond acceptors (Lipinski definition) is 2. The molecule has 0 bridgehead atoms. The van der Waals surface area contributed by atoms with Gasteiger partial charge in [0.15, 0.2) is 0 Å². The Labute approximate surface area is 205 Å². The zero-order valence-corrected chi connectivity index (χ0v) is 20.8. The van der Waals surface area contributed by atoms with E-state index >= 15 is 0 Å². The summed E-state index contributed by atoms with van der Waals surface area (Å²) in [5.74, 6) is 1.58. The molecule has 1 saturated carbocycles. The fourth-order valence-corrected chi connectivity index (χ4v) is 5.39. The zero-order chi connectivity index (χ0) is 22.2. The van der Waals surface area contributed by atoms with Crippen molar-refractivity contribution >= 4 is 22.6 Å². The van der Waals surface area contributed by atoms with Crippen molar-refractivity contribution < 1.29 is 9.47 Å². The molecule has 0 N–H and O–H groups in total. The first-order chi connectivity index (χ1) is 15.8. The van der Waals surface area contributed by atoms with E-state index in [0.717, 1.165) is 34.8 Å². The number of benzene rings is 3. The molecule has 0 spiro atoms. The summed E-state index contributed by atoms with van der Waals surface area (Å²) in [6.07, 6.45) is 8.60. The van der Waals surface area contributed by atoms with E-state index < -0.39 is 5.60 Å². The predicted octanol–water partition coefficient (Wildman–Crippen LogP) is 7.90. The molecule has 0 amide bonds. The lowest BCUT2D eigenvalue weighted by Crippen LogP contribution is -2.37. The van der Waals surface area contributed by atoms with Crippen LogP contribution in [0.4, 0.5) is 0 Å². The van der Waals surface area contributed by atoms with E-state index in [1.165, 1.54) is 25.7 Å². The summed E-state index contributed by atoms with van der Waals surface area (Å²) >= 11 is 2.32. The molecule has 166 valence electrons. The van der Waals surface area contributed by atoms with Crippen molar-refractivity contribution in [2.24, 2.45) is 5.92 Å². The molecule has 1 aliphatic rings. The summed E-state index contributed by atoms with van der Waals surface area (Å²) in [6, 6.07) is 29.6. The molecular weight excluding hydrogens is 507 g/mol. The molecule has 1 fully saturated rings. The molecular formula is C29H31IO2. The molecule has 3 aromatic carbocycles. The molecule has 1 unspecified atom stereocenters. The van der Waals surface area contributed by atoms with Gasteiger partial charge in [-0.05, 0) is 51.3 Å². The molecule has 1 atom stereocenters. The average molecular weight is 538 g/mol. The largest absolute Gasteiger partial charge is 0.497 e. The van der Waals surface area contributed by atoms with E-state index in [0.29, 0.717) is 0 Å². The molecule has 0 aliphatic heterocycles. The molecule has 2 nitrogen and oxygen atoms in total. The Balaban J connectivity index is 1.86. The molecule has 0 aromatic heterocycles. The van der Waals surface area contributed by atoms with E-state index in [9.17, 15) is 0 Å². The highest BCUT2D eigenvalue weighted by Crippen LogP contribution is 2.43. The first-order valence-electron chi connectivity index (χ1n) is 11.5. The van der Waals surface area contributed by atoms with Gasteiger partial charge >= 0.3 is 0 Å². The number of ether oxygens (including phenoxy) is 2. The molecule has 3 heteroatoms. The van der Waals surface area contributed by atoms with Crippen molar-refractivity contribution in [2.45, 2.75) is 43.8 Å². The van der Waals surface area contributed by atoms with E-state index in [1.807, 2.05) is 12.1 Å². The summed E-state index contributed by atoms with van der Waals surface area (Å²) in [5, 5.41) is 0. The zero-order valence-electron chi connectivity index (χ0n) is 18.6. The van der Waals surface area contributed by atoms with Crippen molar-refractivity contribution in [3.8, 4) is 5.75 Å². The highest BCUT2D eigenvalue weighted by atomic mass is 127. The summed E-state index contributed by atoms with van der Waals surface area (Å²) < 4.78 is 14.8. The summed E-state index contributed by atoms with van der Waals surface area (Å²) in [6.45, 7) is 0. The first kappa shape index (κ1) is 23.1. The van der Waals surface area contributed by atoms with Crippen LogP contribution in [0.15, 0.2) is 95.1 Å². The van der Waals surface area contributed by atoms with Crippen LogP contribution in [0.2, 0.25) is 0 Å². The maximum absolute atomic E-state index is 7.24. The maximum atomic E-state index is 7.24. The van der Waals surface area contributed by atoms with Gasteiger partial charge in [0.05, 0.1) is 13.2 Å². The number of halogens is 1. The fourth-order valence-electron chi connectivity index (χ4n) is 4.92. The third-order valence-corrected chi connectivity index (χ3v) is 6.93. The van der Waals surface area contributed by atoms with Gasteiger partial charge < -0.3 is 9.47 Å². The second-order valence-corrected chi connectivity index (χ2v) is 9.22. The summed E-state index contributed by atoms with van der Waals surface area (Å²) in [4.78, 5) is 0. The third-order valence-electron chi connectivity index (χ3n) is 6.51. The summed E-state index contributed by atoms with van der Waals surface area (Å²) in [7, 11) is 1.70. The highest BCUT2D eigenvalue weighted by Gasteiger charge is 2.40. The van der Waals surface area contributed by atoms with Gasteiger partial charge in [-0.3, -0.25) is 0 Å². The van der Waals surface area contributed by atoms with Crippen LogP contribution in [0.1, 0.15) is 48.8 Å². The SMILES string of the molecule is COc1ccc(C(OC(C=CI)CC2CCCC2)(c2ccccc2)c2ccccc2)cc1. The Morgan fingerprint density at radius 3 is 1.88 bits per heavy atom. The highest BCUT2D eigenvalue weighted by molar-refractivity contribution is 14.1. The molecule has 1 aliphatic carbocycles. The van der Waals surface area contributed by atoms with Crippen LogP contribution >= 0.6 is 22.6 Å². The second-order valence-electron chi connectivity index (χ2n) is 8.50. The molecule has 3 aromatic rings. The maximum Gasteiger partial charge on any atom is 0.144 e. The normalized spacial score (nSPS) is 15.8. The Morgan fingerprint density at radius 1 is 0.844 bits per heavy atom. The number of hydrogen-bond donors (Lipinski definition) is 0. The van der Waals surface area contributed by atoms with Crippen LogP contribution in [0, 0.1) is 5.92 Å². The van der Waals surface area contributed by atoms with Gasteiger partial charge in [-0.2, -0.15) is 0 Å². The Bertz CT molecular complexity index is 937. The van der Waals surface area contributed by atoms with Crippen LogP contribution < -0.4 is 4.74 Å². The van der Waals surface area contributed by atoms with Gasteiger partial charge in [-0.1, -0.05) is 121 Å². The Morgan fingerprint density at radius 2 is 1.38 bits per heavy atom. The van der Waals surface area contributed by atoms with Crippen LogP contribution in [0.25, 0.3) is 0 Å². The molecule has 32 heavy (non-hydrogen) atoms. The first-order valence-corrected chi connectivity index (χ1v) is 12.7. The molecule has 4 rings (SSSR count). The second kappa shape index (κ2) is 11.2. The van der Waals surface area contributed by atoms with Gasteiger partial charge in [0, 0.05) is 0 Å². The fraction of sp³-hybridized carbons (Fsp3) is 0.310. The van der Waals surface area contributed by atoms with Crippen molar-refractivity contribution in [1.82, 2.24) is 0 Å². The van der Waals surface area contributed by atoms with Crippen LogP contribution in [0.3, 0.4) is 0 Å². The van der Waals surface area contributed by atoms with Gasteiger partial charge in [-0.25, -0.2) is 0 Å². The lowest BCUT2D eigenvalue weighted by Gasteiger charge is -2.39. The molecule has 0 saturated heterocycles. The van der Waals surface area contributed by atoms with Crippen molar-refractivity contribution in [3.63, 3.8) is 0 Å². The minimum absolute atomic E-state index is 0.0255. The van der Waals surface area contributed by atoms with Crippen LogP contribution in [-0.2, 0) is 10.3 Å². The van der Waals surface area contributed by atoms with Crippen molar-refractivity contribution in [2.75, 3.05) is 7.11 Å². The van der Waals surface area contributed by atoms with Gasteiger partial charge in [0.1, 0.15) is 11.4 Å². The quantitative estimate of drug-likeness (QED) is 0.204. The lowest BCUT2D eigenvalue weighted by molar-refractivity contribution is -0.0337. The minimum atomic E-state index is -0.714. The van der Waals surface area contributed by atoms with Gasteiger partial charge in [0.2, 0.25) is 0 Å². The van der Waals surface area contributed by atoms with Crippen molar-refractivity contribution in [1.29, 1.82) is 0 Å². The smallest absolute Gasteiger partial charge is 0.144 e. The topological polar surface area (TPSA) is 18.5 Å². The van der Waals surface area contributed by atoms with E-state index in [1.54, 1.807) is 7.11 Å². The molecule has 0 heterocycles. The van der Waals surface area contributed by atoms with Crippen LogP contribution in [-0.4, -0.2) is 13.2 Å². The van der Waals surface area contributed by atoms with E-state index in [2.05, 4.69) is 106 Å². The average Bonchev–Trinajstić information content (AvgIpc) is 3.37. The summed E-state index contributed by atoms with van der Waals surface area (Å²) in [5.41, 5.74) is 2.66. The monoisotopic (exact) mass is 538 g/mol. The standard InChI is InChI=1S/C29H31IO2/c1-31-27-18-16-26(17-19-27)29(24-12-4-2-5-13-24,25-14-6-3-7-15-25)32-28(20-21-30)22-23-10-8-9-11-23/h2-7,12-21,23,28H,8-11,22H2,1H3. The number of methoxy groups -OCH3 is 1. The Kier molecular flexibility index (Phi) is 8.04. The van der Waals surface area contributed by atoms with Crippen molar-refractivity contribution in [3.05, 3.63) is 112 Å². The van der Waals surface area contributed by atoms with Gasteiger partial charge in [0.25, 0.3) is 0 Å². The Hall–Kier alpha value is -2.11. The van der Waals surface area contributed by atoms with Crippen LogP contribution in [0.5, 0.6) is 5.75 Å². The predicted molar refractivity (Wildman–Crippen MR) is 140 cm³/mol. The van der Waals surface area contributed by atoms with Gasteiger partial charge in [-0.15, -0.1) is 0 Å². The van der Waals surface area contributed by atoms with E-state index in [-0.39, 0.29) is 6.10 Å². The molecule has 0 radical (unpaired) electrons. The minimum Gasteiger partial charge on any atom is -0.497 e. The van der Waals surface area contributed by atoms with E-state index in [4.69, 9.17) is 9.47 Å².